The van der Waals surface area contributed by atoms with Crippen molar-refractivity contribution in [2.24, 2.45) is 0 Å². The van der Waals surface area contributed by atoms with Crippen LogP contribution >= 0.6 is 0 Å². The first kappa shape index (κ1) is 11.3. The number of aliphatic hydroxyl groups excluding tert-OH is 1. The quantitative estimate of drug-likeness (QED) is 0.869. The topological polar surface area (TPSA) is 23.5 Å². The van der Waals surface area contributed by atoms with Gasteiger partial charge in [-0.1, -0.05) is 42.5 Å². The summed E-state index contributed by atoms with van der Waals surface area (Å²) in [6.07, 6.45) is -0.426. The normalized spacial score (nSPS) is 15.6. The van der Waals surface area contributed by atoms with Crippen molar-refractivity contribution in [3.8, 4) is 0 Å². The number of hydrogen-bond acceptors (Lipinski definition) is 2. The first-order valence-electron chi connectivity index (χ1n) is 6.34. The van der Waals surface area contributed by atoms with Crippen molar-refractivity contribution in [3.05, 3.63) is 65.2 Å². The molecule has 0 aliphatic carbocycles. The second-order valence-electron chi connectivity index (χ2n) is 4.86. The molecule has 1 atom stereocenters. The van der Waals surface area contributed by atoms with Crippen molar-refractivity contribution in [2.75, 3.05) is 4.90 Å². The molecule has 1 aliphatic rings. The van der Waals surface area contributed by atoms with Crippen LogP contribution in [0.3, 0.4) is 0 Å². The van der Waals surface area contributed by atoms with E-state index in [4.69, 9.17) is 0 Å². The molecule has 0 radical (unpaired) electrons. The minimum absolute atomic E-state index is 0.426. The minimum Gasteiger partial charge on any atom is -0.389 e. The average Bonchev–Trinajstić information content (AvgIpc) is 2.82. The van der Waals surface area contributed by atoms with Gasteiger partial charge in [0.1, 0.15) is 0 Å². The fourth-order valence-corrected chi connectivity index (χ4v) is 2.63. The van der Waals surface area contributed by atoms with Crippen LogP contribution < -0.4 is 4.90 Å². The molecule has 1 N–H and O–H groups in total. The van der Waals surface area contributed by atoms with Crippen LogP contribution in [-0.2, 0) is 13.1 Å². The van der Waals surface area contributed by atoms with E-state index in [0.29, 0.717) is 0 Å². The number of benzene rings is 2. The molecule has 0 fully saturated rings. The van der Waals surface area contributed by atoms with Gasteiger partial charge < -0.3 is 10.0 Å². The van der Waals surface area contributed by atoms with Gasteiger partial charge in [-0.3, -0.25) is 0 Å². The van der Waals surface area contributed by atoms with Crippen molar-refractivity contribution in [1.29, 1.82) is 0 Å². The Morgan fingerprint density at radius 1 is 0.944 bits per heavy atom. The Hall–Kier alpha value is -1.80. The molecule has 0 saturated carbocycles. The molecule has 0 bridgehead atoms. The van der Waals surface area contributed by atoms with Gasteiger partial charge in [-0.15, -0.1) is 0 Å². The highest BCUT2D eigenvalue weighted by molar-refractivity contribution is 5.57. The Labute approximate surface area is 107 Å². The summed E-state index contributed by atoms with van der Waals surface area (Å²) in [6, 6.07) is 16.6. The average molecular weight is 239 g/mol. The van der Waals surface area contributed by atoms with E-state index in [-0.39, 0.29) is 0 Å². The van der Waals surface area contributed by atoms with Gasteiger partial charge in [-0.05, 0) is 24.1 Å². The molecule has 2 nitrogen and oxygen atoms in total. The molecular formula is C16H17NO. The maximum Gasteiger partial charge on any atom is 0.0781 e. The van der Waals surface area contributed by atoms with E-state index in [9.17, 15) is 5.11 Å². The summed E-state index contributed by atoms with van der Waals surface area (Å²) in [6.45, 7) is 3.68. The lowest BCUT2D eigenvalue weighted by Gasteiger charge is -2.22. The molecule has 1 heterocycles. The summed E-state index contributed by atoms with van der Waals surface area (Å²) in [5.41, 5.74) is 4.92. The largest absolute Gasteiger partial charge is 0.389 e. The Kier molecular flexibility index (Phi) is 2.80. The van der Waals surface area contributed by atoms with Gasteiger partial charge in [-0.25, -0.2) is 0 Å². The lowest BCUT2D eigenvalue weighted by atomic mass is 10.1. The molecule has 2 aromatic rings. The Morgan fingerprint density at radius 3 is 2.11 bits per heavy atom. The summed E-state index contributed by atoms with van der Waals surface area (Å²) in [5.74, 6) is 0. The van der Waals surface area contributed by atoms with E-state index in [0.717, 1.165) is 24.3 Å². The van der Waals surface area contributed by atoms with Crippen LogP contribution in [-0.4, -0.2) is 5.11 Å². The van der Waals surface area contributed by atoms with Crippen molar-refractivity contribution in [2.45, 2.75) is 26.1 Å². The number of fused-ring (bicyclic) bond motifs is 1. The van der Waals surface area contributed by atoms with E-state index in [1.165, 1.54) is 11.1 Å². The summed E-state index contributed by atoms with van der Waals surface area (Å²) < 4.78 is 0. The predicted octanol–water partition coefficient (Wildman–Crippen LogP) is 3.26. The number of anilines is 1. The molecule has 0 saturated heterocycles. The van der Waals surface area contributed by atoms with Crippen molar-refractivity contribution < 1.29 is 5.11 Å². The van der Waals surface area contributed by atoms with Crippen LogP contribution in [0.4, 0.5) is 5.69 Å². The van der Waals surface area contributed by atoms with Crippen molar-refractivity contribution >= 4 is 5.69 Å². The molecule has 3 rings (SSSR count). The third kappa shape index (κ3) is 1.89. The van der Waals surface area contributed by atoms with Gasteiger partial charge in [0.15, 0.2) is 0 Å². The highest BCUT2D eigenvalue weighted by atomic mass is 16.3. The Morgan fingerprint density at radius 2 is 1.50 bits per heavy atom. The second kappa shape index (κ2) is 4.46. The summed E-state index contributed by atoms with van der Waals surface area (Å²) in [4.78, 5) is 2.33. The van der Waals surface area contributed by atoms with E-state index in [1.54, 1.807) is 0 Å². The van der Waals surface area contributed by atoms with Gasteiger partial charge in [0.25, 0.3) is 0 Å². The zero-order valence-corrected chi connectivity index (χ0v) is 10.5. The Bertz CT molecular complexity index is 538. The summed E-state index contributed by atoms with van der Waals surface area (Å²) in [5, 5.41) is 9.86. The highest BCUT2D eigenvalue weighted by Crippen LogP contribution is 2.32. The van der Waals surface area contributed by atoms with E-state index < -0.39 is 6.10 Å². The SMILES string of the molecule is CC(O)c1ccccc1N1Cc2ccccc2C1. The number of hydrogen-bond donors (Lipinski definition) is 1. The van der Waals surface area contributed by atoms with Gasteiger partial charge in [0.05, 0.1) is 6.10 Å². The number of para-hydroxylation sites is 1. The molecule has 2 aromatic carbocycles. The third-order valence-electron chi connectivity index (χ3n) is 3.57. The minimum atomic E-state index is -0.426. The first-order valence-corrected chi connectivity index (χ1v) is 6.34. The van der Waals surface area contributed by atoms with Gasteiger partial charge in [-0.2, -0.15) is 0 Å². The number of nitrogens with zero attached hydrogens (tertiary/aromatic N) is 1. The van der Waals surface area contributed by atoms with Crippen LogP contribution in [0.25, 0.3) is 0 Å². The molecule has 92 valence electrons. The maximum absolute atomic E-state index is 9.86. The van der Waals surface area contributed by atoms with Gasteiger partial charge in [0, 0.05) is 24.3 Å². The molecule has 0 aromatic heterocycles. The highest BCUT2D eigenvalue weighted by Gasteiger charge is 2.21. The molecular weight excluding hydrogens is 222 g/mol. The zero-order valence-electron chi connectivity index (χ0n) is 10.5. The van der Waals surface area contributed by atoms with Crippen LogP contribution in [0, 0.1) is 0 Å². The third-order valence-corrected chi connectivity index (χ3v) is 3.57. The molecule has 1 unspecified atom stereocenters. The standard InChI is InChI=1S/C16H17NO/c1-12(18)15-8-4-5-9-16(15)17-10-13-6-2-3-7-14(13)11-17/h2-9,12,18H,10-11H2,1H3. The molecule has 2 heteroatoms. The van der Waals surface area contributed by atoms with Crippen molar-refractivity contribution in [1.82, 2.24) is 0 Å². The second-order valence-corrected chi connectivity index (χ2v) is 4.86. The fourth-order valence-electron chi connectivity index (χ4n) is 2.63. The van der Waals surface area contributed by atoms with Crippen LogP contribution in [0.1, 0.15) is 29.7 Å². The van der Waals surface area contributed by atoms with Crippen LogP contribution in [0.5, 0.6) is 0 Å². The molecule has 18 heavy (non-hydrogen) atoms. The zero-order chi connectivity index (χ0) is 12.5. The molecule has 0 spiro atoms. The van der Waals surface area contributed by atoms with E-state index >= 15 is 0 Å². The lowest BCUT2D eigenvalue weighted by molar-refractivity contribution is 0.199. The number of aliphatic hydroxyl groups is 1. The predicted molar refractivity (Wildman–Crippen MR) is 73.4 cm³/mol. The maximum atomic E-state index is 9.86. The Balaban J connectivity index is 1.95. The van der Waals surface area contributed by atoms with Crippen LogP contribution in [0.2, 0.25) is 0 Å². The molecule has 0 amide bonds. The first-order chi connectivity index (χ1) is 8.75. The lowest BCUT2D eigenvalue weighted by Crippen LogP contribution is -2.17. The fraction of sp³-hybridized carbons (Fsp3) is 0.250. The van der Waals surface area contributed by atoms with Crippen molar-refractivity contribution in [3.63, 3.8) is 0 Å². The monoisotopic (exact) mass is 239 g/mol. The van der Waals surface area contributed by atoms with Crippen LogP contribution in [0.15, 0.2) is 48.5 Å². The van der Waals surface area contributed by atoms with E-state index in [1.807, 2.05) is 25.1 Å². The summed E-state index contributed by atoms with van der Waals surface area (Å²) in [7, 11) is 0. The summed E-state index contributed by atoms with van der Waals surface area (Å²) >= 11 is 0. The smallest absolute Gasteiger partial charge is 0.0781 e. The van der Waals surface area contributed by atoms with Gasteiger partial charge in [0.2, 0.25) is 0 Å². The number of rotatable bonds is 2. The molecule has 1 aliphatic heterocycles. The van der Waals surface area contributed by atoms with Gasteiger partial charge >= 0.3 is 0 Å². The van der Waals surface area contributed by atoms with E-state index in [2.05, 4.69) is 35.2 Å².